The highest BCUT2D eigenvalue weighted by Gasteiger charge is 2.28. The van der Waals surface area contributed by atoms with Crippen molar-refractivity contribution in [3.63, 3.8) is 0 Å². The number of hydrogen-bond donors (Lipinski definition) is 2. The Hall–Kier alpha value is -1.76. The topological polar surface area (TPSA) is 106 Å². The van der Waals surface area contributed by atoms with Gasteiger partial charge in [-0.3, -0.25) is 9.59 Å². The summed E-state index contributed by atoms with van der Waals surface area (Å²) in [4.78, 5) is 35.5. The Balaban J connectivity index is 2.63. The van der Waals surface area contributed by atoms with Crippen molar-refractivity contribution in [1.82, 2.24) is 5.32 Å². The number of carbonyl (C=O) groups excluding carboxylic acids is 3. The van der Waals surface area contributed by atoms with Crippen molar-refractivity contribution in [3.05, 3.63) is 0 Å². The molecule has 23 heavy (non-hydrogen) atoms. The lowest BCUT2D eigenvalue weighted by Crippen LogP contribution is -2.47. The first kappa shape index (κ1) is 19.3. The molecule has 7 nitrogen and oxygen atoms in total. The number of ketones is 1. The van der Waals surface area contributed by atoms with Gasteiger partial charge >= 0.3 is 5.97 Å². The standard InChI is InChI=1S/C16H26N2O5/c1-11(22-2)15(20)18-14(9-8-12(19)10-17)16(21)23-13-6-4-3-5-7-13/h10-11,13-14,17H,3-9H2,1-2H3,(H,18,20)/t11-,14+/m1/s1. The van der Waals surface area contributed by atoms with E-state index in [9.17, 15) is 14.4 Å². The molecule has 0 heterocycles. The first-order valence-electron chi connectivity index (χ1n) is 8.05. The smallest absolute Gasteiger partial charge is 0.328 e. The Kier molecular flexibility index (Phi) is 8.47. The van der Waals surface area contributed by atoms with Crippen LogP contribution in [0.5, 0.6) is 0 Å². The third kappa shape index (κ3) is 6.90. The van der Waals surface area contributed by atoms with Gasteiger partial charge in [0.25, 0.3) is 0 Å². The molecule has 0 aromatic rings. The zero-order valence-electron chi connectivity index (χ0n) is 13.8. The number of Topliss-reactive ketones (excluding diaryl/α,β-unsaturated/α-hetero) is 1. The van der Waals surface area contributed by atoms with E-state index in [1.807, 2.05) is 0 Å². The molecule has 0 aliphatic heterocycles. The molecule has 130 valence electrons. The maximum absolute atomic E-state index is 12.3. The monoisotopic (exact) mass is 326 g/mol. The lowest BCUT2D eigenvalue weighted by Gasteiger charge is -2.25. The summed E-state index contributed by atoms with van der Waals surface area (Å²) >= 11 is 0. The van der Waals surface area contributed by atoms with Crippen LogP contribution in [-0.4, -0.2) is 49.2 Å². The molecule has 1 saturated carbocycles. The average Bonchev–Trinajstić information content (AvgIpc) is 2.57. The molecule has 0 unspecified atom stereocenters. The third-order valence-electron chi connectivity index (χ3n) is 4.00. The molecule has 1 aliphatic carbocycles. The molecule has 0 aromatic carbocycles. The second kappa shape index (κ2) is 10.1. The van der Waals surface area contributed by atoms with Gasteiger partial charge in [0.15, 0.2) is 5.78 Å². The Morgan fingerprint density at radius 3 is 2.48 bits per heavy atom. The van der Waals surface area contributed by atoms with Crippen LogP contribution in [0.15, 0.2) is 0 Å². The molecular formula is C16H26N2O5. The number of rotatable bonds is 9. The summed E-state index contributed by atoms with van der Waals surface area (Å²) in [5.41, 5.74) is 0. The van der Waals surface area contributed by atoms with E-state index in [1.165, 1.54) is 7.11 Å². The highest BCUT2D eigenvalue weighted by atomic mass is 16.5. The van der Waals surface area contributed by atoms with Crippen molar-refractivity contribution >= 4 is 23.9 Å². The molecule has 7 heteroatoms. The molecule has 0 spiro atoms. The summed E-state index contributed by atoms with van der Waals surface area (Å²) in [6.07, 6.45) is 4.89. The predicted molar refractivity (Wildman–Crippen MR) is 84.4 cm³/mol. The Morgan fingerprint density at radius 1 is 1.26 bits per heavy atom. The average molecular weight is 326 g/mol. The van der Waals surface area contributed by atoms with E-state index >= 15 is 0 Å². The van der Waals surface area contributed by atoms with Gasteiger partial charge in [-0.25, -0.2) is 4.79 Å². The van der Waals surface area contributed by atoms with E-state index in [-0.39, 0.29) is 18.9 Å². The molecule has 1 fully saturated rings. The molecule has 1 rings (SSSR count). The highest BCUT2D eigenvalue weighted by Crippen LogP contribution is 2.21. The maximum atomic E-state index is 12.3. The lowest BCUT2D eigenvalue weighted by atomic mass is 9.97. The molecule has 2 atom stereocenters. The maximum Gasteiger partial charge on any atom is 0.328 e. The Morgan fingerprint density at radius 2 is 1.91 bits per heavy atom. The Bertz CT molecular complexity index is 432. The van der Waals surface area contributed by atoms with E-state index in [0.717, 1.165) is 32.1 Å². The van der Waals surface area contributed by atoms with E-state index in [2.05, 4.69) is 5.32 Å². The van der Waals surface area contributed by atoms with Crippen molar-refractivity contribution in [1.29, 1.82) is 5.41 Å². The summed E-state index contributed by atoms with van der Waals surface area (Å²) < 4.78 is 10.4. The minimum atomic E-state index is -0.897. The van der Waals surface area contributed by atoms with Gasteiger partial charge in [0.05, 0.1) is 6.21 Å². The van der Waals surface area contributed by atoms with Crippen molar-refractivity contribution in [2.75, 3.05) is 7.11 Å². The zero-order valence-corrected chi connectivity index (χ0v) is 13.8. The van der Waals surface area contributed by atoms with Crippen LogP contribution in [0.1, 0.15) is 51.9 Å². The van der Waals surface area contributed by atoms with Gasteiger partial charge in [-0.15, -0.1) is 0 Å². The minimum Gasteiger partial charge on any atom is -0.461 e. The van der Waals surface area contributed by atoms with Gasteiger partial charge in [-0.05, 0) is 39.0 Å². The first-order valence-corrected chi connectivity index (χ1v) is 8.05. The fourth-order valence-corrected chi connectivity index (χ4v) is 2.43. The largest absolute Gasteiger partial charge is 0.461 e. The van der Waals surface area contributed by atoms with Crippen LogP contribution in [0.3, 0.4) is 0 Å². The number of hydrogen-bond acceptors (Lipinski definition) is 6. The molecule has 0 radical (unpaired) electrons. The second-order valence-corrected chi connectivity index (χ2v) is 5.79. The van der Waals surface area contributed by atoms with Crippen LogP contribution in [0, 0.1) is 5.41 Å². The molecule has 0 bridgehead atoms. The molecule has 0 saturated heterocycles. The molecule has 2 N–H and O–H groups in total. The number of nitrogens with one attached hydrogen (secondary N) is 2. The van der Waals surface area contributed by atoms with Crippen LogP contribution < -0.4 is 5.32 Å². The second-order valence-electron chi connectivity index (χ2n) is 5.79. The van der Waals surface area contributed by atoms with E-state index in [4.69, 9.17) is 14.9 Å². The minimum absolute atomic E-state index is 0.00950. The third-order valence-corrected chi connectivity index (χ3v) is 4.00. The number of esters is 1. The summed E-state index contributed by atoms with van der Waals surface area (Å²) in [7, 11) is 1.40. The van der Waals surface area contributed by atoms with Gasteiger partial charge in [-0.2, -0.15) is 0 Å². The summed E-state index contributed by atoms with van der Waals surface area (Å²) in [5.74, 6) is -1.35. The molecule has 1 amide bonds. The van der Waals surface area contributed by atoms with Crippen LogP contribution >= 0.6 is 0 Å². The summed E-state index contributed by atoms with van der Waals surface area (Å²) in [6, 6.07) is -0.897. The van der Waals surface area contributed by atoms with Crippen LogP contribution in [0.25, 0.3) is 0 Å². The molecule has 0 aromatic heterocycles. The van der Waals surface area contributed by atoms with E-state index < -0.39 is 29.8 Å². The fraction of sp³-hybridized carbons (Fsp3) is 0.750. The van der Waals surface area contributed by atoms with Crippen LogP contribution in [0.4, 0.5) is 0 Å². The van der Waals surface area contributed by atoms with Crippen molar-refractivity contribution < 1.29 is 23.9 Å². The van der Waals surface area contributed by atoms with Crippen molar-refractivity contribution in [2.45, 2.75) is 70.1 Å². The van der Waals surface area contributed by atoms with Crippen molar-refractivity contribution in [2.24, 2.45) is 0 Å². The molecule has 1 aliphatic rings. The Labute approximate surface area is 136 Å². The van der Waals surface area contributed by atoms with Crippen molar-refractivity contribution in [3.8, 4) is 0 Å². The van der Waals surface area contributed by atoms with Crippen LogP contribution in [0.2, 0.25) is 0 Å². The number of amides is 1. The molecular weight excluding hydrogens is 300 g/mol. The quantitative estimate of drug-likeness (QED) is 0.492. The zero-order chi connectivity index (χ0) is 17.2. The SMILES string of the molecule is CO[C@H](C)C(=O)N[C@@H](CCC(=O)C=N)C(=O)OC1CCCCC1. The summed E-state index contributed by atoms with van der Waals surface area (Å²) in [5, 5.41) is 9.48. The summed E-state index contributed by atoms with van der Waals surface area (Å²) in [6.45, 7) is 1.57. The predicted octanol–water partition coefficient (Wildman–Crippen LogP) is 1.38. The van der Waals surface area contributed by atoms with Gasteiger partial charge < -0.3 is 20.2 Å². The highest BCUT2D eigenvalue weighted by molar-refractivity contribution is 6.26. The number of ether oxygens (including phenoxy) is 2. The van der Waals surface area contributed by atoms with Crippen LogP contribution in [-0.2, 0) is 23.9 Å². The normalized spacial score (nSPS) is 17.8. The van der Waals surface area contributed by atoms with Gasteiger partial charge in [-0.1, -0.05) is 6.42 Å². The first-order chi connectivity index (χ1) is 11.0. The van der Waals surface area contributed by atoms with Gasteiger partial charge in [0.2, 0.25) is 5.91 Å². The number of carbonyl (C=O) groups is 3. The van der Waals surface area contributed by atoms with Gasteiger partial charge in [0, 0.05) is 13.5 Å². The van der Waals surface area contributed by atoms with E-state index in [0.29, 0.717) is 6.21 Å². The van der Waals surface area contributed by atoms with Gasteiger partial charge in [0.1, 0.15) is 18.2 Å². The lowest BCUT2D eigenvalue weighted by molar-refractivity contribution is -0.155. The van der Waals surface area contributed by atoms with E-state index in [1.54, 1.807) is 6.92 Å². The fourth-order valence-electron chi connectivity index (χ4n) is 2.43. The number of methoxy groups -OCH3 is 1.